The molecule has 1 saturated carbocycles. The van der Waals surface area contributed by atoms with Crippen LogP contribution in [0.3, 0.4) is 0 Å². The van der Waals surface area contributed by atoms with E-state index in [2.05, 4.69) is 15.4 Å². The zero-order valence-corrected chi connectivity index (χ0v) is 11.4. The van der Waals surface area contributed by atoms with E-state index < -0.39 is 10.0 Å². The Balaban J connectivity index is 1.78. The van der Waals surface area contributed by atoms with Crippen molar-refractivity contribution in [2.45, 2.75) is 25.3 Å². The molecule has 3 unspecified atom stereocenters. The Morgan fingerprint density at radius 3 is 2.89 bits per heavy atom. The average Bonchev–Trinajstić information content (AvgIpc) is 2.90. The lowest BCUT2D eigenvalue weighted by atomic mass is 9.94. The van der Waals surface area contributed by atoms with E-state index in [4.69, 9.17) is 0 Å². The summed E-state index contributed by atoms with van der Waals surface area (Å²) < 4.78 is 24.6. The third-order valence-corrected chi connectivity index (χ3v) is 5.37. The molecule has 1 aliphatic heterocycles. The van der Waals surface area contributed by atoms with Gasteiger partial charge in [0.15, 0.2) is 0 Å². The highest BCUT2D eigenvalue weighted by molar-refractivity contribution is 7.89. The van der Waals surface area contributed by atoms with Crippen molar-refractivity contribution in [3.05, 3.63) is 0 Å². The third kappa shape index (κ3) is 3.02. The largest absolute Gasteiger partial charge is 0.354 e. The number of rotatable bonds is 5. The molecular weight excluding hydrogens is 254 g/mol. The molecule has 2 rings (SSSR count). The van der Waals surface area contributed by atoms with E-state index in [0.29, 0.717) is 11.8 Å². The summed E-state index contributed by atoms with van der Waals surface area (Å²) in [6.07, 6.45) is 3.51. The predicted molar refractivity (Wildman–Crippen MR) is 68.5 cm³/mol. The number of hydrogen-bond donors (Lipinski definition) is 3. The van der Waals surface area contributed by atoms with Crippen molar-refractivity contribution in [3.8, 4) is 0 Å². The first-order valence-corrected chi connectivity index (χ1v) is 8.11. The van der Waals surface area contributed by atoms with Crippen molar-refractivity contribution in [1.82, 2.24) is 15.4 Å². The molecule has 6 nitrogen and oxygen atoms in total. The van der Waals surface area contributed by atoms with Gasteiger partial charge in [0.25, 0.3) is 0 Å². The molecule has 104 valence electrons. The molecule has 1 amide bonds. The van der Waals surface area contributed by atoms with Crippen LogP contribution in [0.5, 0.6) is 0 Å². The maximum Gasteiger partial charge on any atom is 0.237 e. The number of nitrogens with one attached hydrogen (secondary N) is 3. The van der Waals surface area contributed by atoms with Gasteiger partial charge < -0.3 is 10.6 Å². The van der Waals surface area contributed by atoms with E-state index in [1.807, 2.05) is 0 Å². The van der Waals surface area contributed by atoms with Crippen LogP contribution in [0.15, 0.2) is 0 Å². The summed E-state index contributed by atoms with van der Waals surface area (Å²) in [5.41, 5.74) is 0. The lowest BCUT2D eigenvalue weighted by Crippen LogP contribution is -2.45. The number of carbonyl (C=O) groups is 1. The first kappa shape index (κ1) is 13.8. The molecule has 0 spiro atoms. The van der Waals surface area contributed by atoms with Crippen LogP contribution in [-0.4, -0.2) is 46.3 Å². The van der Waals surface area contributed by atoms with Gasteiger partial charge >= 0.3 is 0 Å². The molecule has 7 heteroatoms. The van der Waals surface area contributed by atoms with Gasteiger partial charge in [-0.25, -0.2) is 13.1 Å². The van der Waals surface area contributed by atoms with Crippen LogP contribution in [0.2, 0.25) is 0 Å². The van der Waals surface area contributed by atoms with Gasteiger partial charge in [-0.15, -0.1) is 0 Å². The molecule has 2 fully saturated rings. The van der Waals surface area contributed by atoms with Gasteiger partial charge in [0.1, 0.15) is 0 Å². The first-order chi connectivity index (χ1) is 8.53. The highest BCUT2D eigenvalue weighted by atomic mass is 32.2. The van der Waals surface area contributed by atoms with Gasteiger partial charge in [-0.05, 0) is 38.3 Å². The standard InChI is InChI=1S/C11H21N3O3S/c1-12-18(16,17)6-5-13-11(15)10-9-4-2-3-8(9)7-14-10/h8-10,12,14H,2-7H2,1H3,(H,13,15). The van der Waals surface area contributed by atoms with Crippen LogP contribution >= 0.6 is 0 Å². The number of amides is 1. The van der Waals surface area contributed by atoms with E-state index >= 15 is 0 Å². The number of sulfonamides is 1. The van der Waals surface area contributed by atoms with Crippen molar-refractivity contribution in [1.29, 1.82) is 0 Å². The second-order valence-electron chi connectivity index (χ2n) is 5.05. The summed E-state index contributed by atoms with van der Waals surface area (Å²) >= 11 is 0. The lowest BCUT2D eigenvalue weighted by Gasteiger charge is -2.17. The minimum absolute atomic E-state index is 0.0595. The highest BCUT2D eigenvalue weighted by Gasteiger charge is 2.42. The van der Waals surface area contributed by atoms with Crippen molar-refractivity contribution in [3.63, 3.8) is 0 Å². The molecule has 1 heterocycles. The van der Waals surface area contributed by atoms with Crippen LogP contribution in [-0.2, 0) is 14.8 Å². The fourth-order valence-corrected chi connectivity index (χ4v) is 3.57. The molecule has 3 atom stereocenters. The topological polar surface area (TPSA) is 87.3 Å². The molecule has 18 heavy (non-hydrogen) atoms. The summed E-state index contributed by atoms with van der Waals surface area (Å²) in [5.74, 6) is 0.930. The molecule has 0 aromatic rings. The van der Waals surface area contributed by atoms with Crippen LogP contribution in [0.4, 0.5) is 0 Å². The minimum Gasteiger partial charge on any atom is -0.354 e. The van der Waals surface area contributed by atoms with Crippen molar-refractivity contribution >= 4 is 15.9 Å². The van der Waals surface area contributed by atoms with Gasteiger partial charge in [-0.1, -0.05) is 6.42 Å². The van der Waals surface area contributed by atoms with Gasteiger partial charge in [-0.3, -0.25) is 4.79 Å². The van der Waals surface area contributed by atoms with E-state index in [9.17, 15) is 13.2 Å². The van der Waals surface area contributed by atoms with Crippen LogP contribution in [0.1, 0.15) is 19.3 Å². The molecule has 0 aromatic heterocycles. The molecule has 0 bridgehead atoms. The summed E-state index contributed by atoms with van der Waals surface area (Å²) in [4.78, 5) is 12.0. The normalized spacial score (nSPS) is 31.3. The molecule has 1 saturated heterocycles. The Labute approximate surface area is 108 Å². The maximum atomic E-state index is 12.0. The first-order valence-electron chi connectivity index (χ1n) is 6.46. The Kier molecular flexibility index (Phi) is 4.24. The Bertz CT molecular complexity index is 410. The summed E-state index contributed by atoms with van der Waals surface area (Å²) in [5, 5.41) is 5.95. The molecule has 0 radical (unpaired) electrons. The van der Waals surface area contributed by atoms with Gasteiger partial charge in [0, 0.05) is 6.54 Å². The number of hydrogen-bond acceptors (Lipinski definition) is 4. The molecule has 2 aliphatic rings. The molecule has 1 aliphatic carbocycles. The Morgan fingerprint density at radius 1 is 1.39 bits per heavy atom. The Morgan fingerprint density at radius 2 is 2.17 bits per heavy atom. The van der Waals surface area contributed by atoms with Crippen molar-refractivity contribution in [2.24, 2.45) is 11.8 Å². The van der Waals surface area contributed by atoms with Crippen LogP contribution in [0.25, 0.3) is 0 Å². The molecule has 0 aromatic carbocycles. The van der Waals surface area contributed by atoms with E-state index in [0.717, 1.165) is 13.0 Å². The highest BCUT2D eigenvalue weighted by Crippen LogP contribution is 2.37. The number of fused-ring (bicyclic) bond motifs is 1. The summed E-state index contributed by atoms with van der Waals surface area (Å²) in [6.45, 7) is 1.08. The SMILES string of the molecule is CNS(=O)(=O)CCNC(=O)C1NCC2CCCC21. The zero-order chi connectivity index (χ0) is 13.2. The Hall–Kier alpha value is -0.660. The van der Waals surface area contributed by atoms with Crippen molar-refractivity contribution < 1.29 is 13.2 Å². The average molecular weight is 275 g/mol. The smallest absolute Gasteiger partial charge is 0.237 e. The summed E-state index contributed by atoms with van der Waals surface area (Å²) in [7, 11) is -1.87. The van der Waals surface area contributed by atoms with Gasteiger partial charge in [0.05, 0.1) is 11.8 Å². The van der Waals surface area contributed by atoms with Crippen LogP contribution < -0.4 is 15.4 Å². The maximum absolute atomic E-state index is 12.0. The fraction of sp³-hybridized carbons (Fsp3) is 0.909. The monoisotopic (exact) mass is 275 g/mol. The van der Waals surface area contributed by atoms with Gasteiger partial charge in [0.2, 0.25) is 15.9 Å². The second kappa shape index (κ2) is 5.54. The molecule has 3 N–H and O–H groups in total. The number of carbonyl (C=O) groups excluding carboxylic acids is 1. The van der Waals surface area contributed by atoms with Crippen LogP contribution in [0, 0.1) is 11.8 Å². The lowest BCUT2D eigenvalue weighted by molar-refractivity contribution is -0.123. The molecular formula is C11H21N3O3S. The predicted octanol–water partition coefficient (Wildman–Crippen LogP) is -0.960. The zero-order valence-electron chi connectivity index (χ0n) is 10.6. The minimum atomic E-state index is -3.24. The third-order valence-electron chi connectivity index (χ3n) is 4.01. The quantitative estimate of drug-likeness (QED) is 0.603. The summed E-state index contributed by atoms with van der Waals surface area (Å²) in [6, 6.07) is -0.130. The second-order valence-corrected chi connectivity index (χ2v) is 7.10. The van der Waals surface area contributed by atoms with Gasteiger partial charge in [-0.2, -0.15) is 0 Å². The fourth-order valence-electron chi connectivity index (χ4n) is 3.00. The van der Waals surface area contributed by atoms with E-state index in [1.165, 1.54) is 19.9 Å². The van der Waals surface area contributed by atoms with E-state index in [-0.39, 0.29) is 24.2 Å². The van der Waals surface area contributed by atoms with E-state index in [1.54, 1.807) is 0 Å². The van der Waals surface area contributed by atoms with Crippen molar-refractivity contribution in [2.75, 3.05) is 25.9 Å².